The molecule has 0 radical (unpaired) electrons. The van der Waals surface area contributed by atoms with Gasteiger partial charge in [-0.1, -0.05) is 18.2 Å². The molecule has 126 valence electrons. The highest BCUT2D eigenvalue weighted by Gasteiger charge is 2.30. The van der Waals surface area contributed by atoms with Crippen LogP contribution in [0, 0.1) is 0 Å². The van der Waals surface area contributed by atoms with Gasteiger partial charge in [-0.25, -0.2) is 0 Å². The average Bonchev–Trinajstić information content (AvgIpc) is 2.63. The third-order valence-corrected chi connectivity index (χ3v) is 4.17. The van der Waals surface area contributed by atoms with Crippen LogP contribution < -0.4 is 4.74 Å². The van der Waals surface area contributed by atoms with Crippen molar-refractivity contribution in [2.45, 2.75) is 6.10 Å². The number of nitrogens with zero attached hydrogens (tertiary/aromatic N) is 2. The molecule has 6 heteroatoms. The lowest BCUT2D eigenvalue weighted by Crippen LogP contribution is -2.53. The topological polar surface area (TPSA) is 51.2 Å². The third-order valence-electron chi connectivity index (χ3n) is 4.17. The van der Waals surface area contributed by atoms with Crippen LogP contribution in [0.5, 0.6) is 5.75 Å². The van der Waals surface area contributed by atoms with Gasteiger partial charge in [0, 0.05) is 32.7 Å². The first kappa shape index (κ1) is 16.2. The van der Waals surface area contributed by atoms with E-state index in [0.717, 1.165) is 18.8 Å². The Kier molecular flexibility index (Phi) is 5.85. The van der Waals surface area contributed by atoms with Crippen LogP contribution in [-0.4, -0.2) is 81.0 Å². The fourth-order valence-electron chi connectivity index (χ4n) is 2.85. The van der Waals surface area contributed by atoms with Crippen molar-refractivity contribution in [3.05, 3.63) is 30.3 Å². The van der Waals surface area contributed by atoms with Crippen molar-refractivity contribution < 1.29 is 19.0 Å². The van der Waals surface area contributed by atoms with E-state index in [1.54, 1.807) is 0 Å². The Morgan fingerprint density at radius 2 is 1.91 bits per heavy atom. The molecule has 1 unspecified atom stereocenters. The molecule has 2 aliphatic rings. The highest BCUT2D eigenvalue weighted by molar-refractivity contribution is 5.81. The number of rotatable bonds is 5. The van der Waals surface area contributed by atoms with E-state index in [0.29, 0.717) is 46.1 Å². The highest BCUT2D eigenvalue weighted by atomic mass is 16.5. The van der Waals surface area contributed by atoms with Crippen molar-refractivity contribution in [3.63, 3.8) is 0 Å². The van der Waals surface area contributed by atoms with E-state index in [-0.39, 0.29) is 12.0 Å². The van der Waals surface area contributed by atoms with Crippen LogP contribution in [-0.2, 0) is 14.3 Å². The van der Waals surface area contributed by atoms with E-state index in [9.17, 15) is 4.79 Å². The monoisotopic (exact) mass is 320 g/mol. The van der Waals surface area contributed by atoms with Crippen molar-refractivity contribution in [3.8, 4) is 5.75 Å². The minimum absolute atomic E-state index is 0.0852. The quantitative estimate of drug-likeness (QED) is 0.796. The molecule has 1 aromatic carbocycles. The van der Waals surface area contributed by atoms with Gasteiger partial charge in [0.1, 0.15) is 18.5 Å². The Balaban J connectivity index is 1.43. The normalized spacial score (nSPS) is 22.8. The summed E-state index contributed by atoms with van der Waals surface area (Å²) in [6.07, 6.45) is -0.362. The van der Waals surface area contributed by atoms with Gasteiger partial charge in [0.15, 0.2) is 0 Å². The molecule has 0 aliphatic carbocycles. The lowest BCUT2D eigenvalue weighted by molar-refractivity contribution is -0.153. The predicted octanol–water partition coefficient (Wildman–Crippen LogP) is 0.625. The van der Waals surface area contributed by atoms with Crippen LogP contribution in [0.15, 0.2) is 30.3 Å². The Morgan fingerprint density at radius 3 is 2.70 bits per heavy atom. The number of benzene rings is 1. The van der Waals surface area contributed by atoms with E-state index in [1.165, 1.54) is 0 Å². The number of morpholine rings is 2. The highest BCUT2D eigenvalue weighted by Crippen LogP contribution is 2.11. The Labute approximate surface area is 136 Å². The van der Waals surface area contributed by atoms with Crippen LogP contribution in [0.1, 0.15) is 0 Å². The first-order chi connectivity index (χ1) is 11.3. The van der Waals surface area contributed by atoms with Gasteiger partial charge in [0.25, 0.3) is 5.91 Å². The van der Waals surface area contributed by atoms with Crippen molar-refractivity contribution in [2.24, 2.45) is 0 Å². The van der Waals surface area contributed by atoms with E-state index < -0.39 is 0 Å². The minimum Gasteiger partial charge on any atom is -0.492 e. The number of amides is 1. The van der Waals surface area contributed by atoms with Gasteiger partial charge in [-0.2, -0.15) is 0 Å². The molecule has 0 aromatic heterocycles. The van der Waals surface area contributed by atoms with Gasteiger partial charge in [-0.3, -0.25) is 9.69 Å². The molecule has 1 amide bonds. The largest absolute Gasteiger partial charge is 0.492 e. The van der Waals surface area contributed by atoms with Gasteiger partial charge >= 0.3 is 0 Å². The molecule has 23 heavy (non-hydrogen) atoms. The summed E-state index contributed by atoms with van der Waals surface area (Å²) < 4.78 is 16.7. The number of carbonyl (C=O) groups excluding carboxylic acids is 1. The summed E-state index contributed by atoms with van der Waals surface area (Å²) in [6.45, 7) is 6.03. The molecule has 0 spiro atoms. The zero-order valence-electron chi connectivity index (χ0n) is 13.4. The number of carbonyl (C=O) groups is 1. The van der Waals surface area contributed by atoms with Crippen LogP contribution >= 0.6 is 0 Å². The molecule has 1 atom stereocenters. The summed E-state index contributed by atoms with van der Waals surface area (Å²) in [4.78, 5) is 16.6. The fraction of sp³-hybridized carbons (Fsp3) is 0.588. The second kappa shape index (κ2) is 8.29. The molecule has 3 rings (SSSR count). The SMILES string of the molecule is O=C(C1CN(CCOc2ccccc2)CCO1)N1CCOCC1. The van der Waals surface area contributed by atoms with Gasteiger partial charge < -0.3 is 19.1 Å². The third kappa shape index (κ3) is 4.67. The lowest BCUT2D eigenvalue weighted by Gasteiger charge is -2.36. The van der Waals surface area contributed by atoms with Crippen LogP contribution in [0.4, 0.5) is 0 Å². The van der Waals surface area contributed by atoms with Crippen molar-refractivity contribution >= 4 is 5.91 Å². The summed E-state index contributed by atoms with van der Waals surface area (Å²) in [5.74, 6) is 0.962. The van der Waals surface area contributed by atoms with E-state index in [4.69, 9.17) is 14.2 Å². The van der Waals surface area contributed by atoms with Crippen molar-refractivity contribution in [2.75, 3.05) is 59.2 Å². The van der Waals surface area contributed by atoms with Gasteiger partial charge in [-0.15, -0.1) is 0 Å². The standard InChI is InChI=1S/C17H24N2O4/c20-17(19-8-10-21-11-9-19)16-14-18(7-13-23-16)6-12-22-15-4-2-1-3-5-15/h1-5,16H,6-14H2. The lowest BCUT2D eigenvalue weighted by atomic mass is 10.2. The van der Waals surface area contributed by atoms with Gasteiger partial charge in [0.05, 0.1) is 19.8 Å². The second-order valence-corrected chi connectivity index (χ2v) is 5.76. The molecule has 2 aliphatic heterocycles. The number of para-hydroxylation sites is 1. The van der Waals surface area contributed by atoms with Crippen LogP contribution in [0.25, 0.3) is 0 Å². The Bertz CT molecular complexity index is 491. The zero-order valence-corrected chi connectivity index (χ0v) is 13.4. The maximum atomic E-state index is 12.5. The number of ether oxygens (including phenoxy) is 3. The van der Waals surface area contributed by atoms with Crippen LogP contribution in [0.3, 0.4) is 0 Å². The molecule has 2 fully saturated rings. The smallest absolute Gasteiger partial charge is 0.253 e. The molecule has 0 N–H and O–H groups in total. The molecular formula is C17H24N2O4. The van der Waals surface area contributed by atoms with E-state index in [2.05, 4.69) is 4.90 Å². The molecule has 2 heterocycles. The maximum Gasteiger partial charge on any atom is 0.253 e. The summed E-state index contributed by atoms with van der Waals surface area (Å²) in [6, 6.07) is 9.78. The fourth-order valence-corrected chi connectivity index (χ4v) is 2.85. The second-order valence-electron chi connectivity index (χ2n) is 5.76. The summed E-state index contributed by atoms with van der Waals surface area (Å²) >= 11 is 0. The first-order valence-electron chi connectivity index (χ1n) is 8.21. The molecule has 0 bridgehead atoms. The van der Waals surface area contributed by atoms with Crippen LogP contribution in [0.2, 0.25) is 0 Å². The first-order valence-corrected chi connectivity index (χ1v) is 8.21. The summed E-state index contributed by atoms with van der Waals surface area (Å²) in [7, 11) is 0. The zero-order chi connectivity index (χ0) is 15.9. The molecule has 6 nitrogen and oxygen atoms in total. The maximum absolute atomic E-state index is 12.5. The Hall–Kier alpha value is -1.63. The number of hydrogen-bond acceptors (Lipinski definition) is 5. The molecule has 2 saturated heterocycles. The van der Waals surface area contributed by atoms with E-state index in [1.807, 2.05) is 35.2 Å². The van der Waals surface area contributed by atoms with Crippen molar-refractivity contribution in [1.82, 2.24) is 9.80 Å². The number of hydrogen-bond donors (Lipinski definition) is 0. The predicted molar refractivity (Wildman–Crippen MR) is 85.5 cm³/mol. The minimum atomic E-state index is -0.362. The van der Waals surface area contributed by atoms with E-state index >= 15 is 0 Å². The molecule has 1 aromatic rings. The van der Waals surface area contributed by atoms with Crippen molar-refractivity contribution in [1.29, 1.82) is 0 Å². The Morgan fingerprint density at radius 1 is 1.13 bits per heavy atom. The average molecular weight is 320 g/mol. The summed E-state index contributed by atoms with van der Waals surface area (Å²) in [5, 5.41) is 0. The molecule has 0 saturated carbocycles. The van der Waals surface area contributed by atoms with Gasteiger partial charge in [-0.05, 0) is 12.1 Å². The molecular weight excluding hydrogens is 296 g/mol. The summed E-state index contributed by atoms with van der Waals surface area (Å²) in [5.41, 5.74) is 0. The van der Waals surface area contributed by atoms with Gasteiger partial charge in [0.2, 0.25) is 0 Å².